The summed E-state index contributed by atoms with van der Waals surface area (Å²) in [6.07, 6.45) is 4.30. The van der Waals surface area contributed by atoms with Gasteiger partial charge >= 0.3 is 0 Å². The van der Waals surface area contributed by atoms with Gasteiger partial charge in [0, 0.05) is 22.5 Å². The largest absolute Gasteiger partial charge is 0.454 e. The summed E-state index contributed by atoms with van der Waals surface area (Å²) in [5.74, 6) is 1.29. The van der Waals surface area contributed by atoms with E-state index in [4.69, 9.17) is 21.1 Å². The van der Waals surface area contributed by atoms with Gasteiger partial charge in [-0.3, -0.25) is 4.79 Å². The number of carbonyl (C=O) groups excluding carboxylic acids is 1. The third-order valence-electron chi connectivity index (χ3n) is 6.70. The fraction of sp³-hybridized carbons (Fsp3) is 0.167. The first-order valence-corrected chi connectivity index (χ1v) is 11.5. The Morgan fingerprint density at radius 1 is 1.16 bits per heavy atom. The molecule has 0 saturated carbocycles. The van der Waals surface area contributed by atoms with Gasteiger partial charge in [0.15, 0.2) is 11.5 Å². The quantitative estimate of drug-likeness (QED) is 0.454. The monoisotopic (exact) mass is 461 g/mol. The zero-order chi connectivity index (χ0) is 21.4. The number of aromatic nitrogens is 2. The highest BCUT2D eigenvalue weighted by Crippen LogP contribution is 2.58. The van der Waals surface area contributed by atoms with Gasteiger partial charge in [-0.05, 0) is 41.5 Å². The van der Waals surface area contributed by atoms with E-state index in [1.165, 1.54) is 0 Å². The lowest BCUT2D eigenvalue weighted by atomic mass is 9.65. The highest BCUT2D eigenvalue weighted by Gasteiger charge is 2.58. The molecule has 0 fully saturated rings. The molecule has 1 amide bonds. The van der Waals surface area contributed by atoms with Crippen molar-refractivity contribution in [3.05, 3.63) is 81.4 Å². The van der Waals surface area contributed by atoms with Gasteiger partial charge in [-0.25, -0.2) is 4.98 Å². The number of amides is 1. The van der Waals surface area contributed by atoms with Crippen molar-refractivity contribution in [1.29, 1.82) is 0 Å². The molecule has 7 rings (SSSR count). The Hall–Kier alpha value is -3.29. The van der Waals surface area contributed by atoms with Crippen LogP contribution in [0.3, 0.4) is 0 Å². The average Bonchev–Trinajstić information content (AvgIpc) is 3.57. The number of fused-ring (bicyclic) bond motifs is 7. The van der Waals surface area contributed by atoms with E-state index in [0.29, 0.717) is 17.9 Å². The molecule has 2 aromatic carbocycles. The Morgan fingerprint density at radius 2 is 2.00 bits per heavy atom. The van der Waals surface area contributed by atoms with Gasteiger partial charge in [0.2, 0.25) is 12.7 Å². The van der Waals surface area contributed by atoms with E-state index in [2.05, 4.69) is 14.9 Å². The Labute approximate surface area is 192 Å². The van der Waals surface area contributed by atoms with Gasteiger partial charge in [-0.15, -0.1) is 11.3 Å². The van der Waals surface area contributed by atoms with Gasteiger partial charge in [0.25, 0.3) is 0 Å². The van der Waals surface area contributed by atoms with Crippen LogP contribution in [0.4, 0.5) is 5.69 Å². The highest BCUT2D eigenvalue weighted by atomic mass is 35.5. The second kappa shape index (κ2) is 6.37. The highest BCUT2D eigenvalue weighted by molar-refractivity contribution is 7.16. The number of para-hydroxylation sites is 1. The summed E-state index contributed by atoms with van der Waals surface area (Å²) in [5.41, 5.74) is 3.63. The minimum atomic E-state index is -0.947. The van der Waals surface area contributed by atoms with Crippen molar-refractivity contribution < 1.29 is 14.3 Å². The van der Waals surface area contributed by atoms with E-state index < -0.39 is 5.41 Å². The zero-order valence-corrected chi connectivity index (χ0v) is 18.2. The van der Waals surface area contributed by atoms with E-state index in [1.54, 1.807) is 11.3 Å². The molecule has 32 heavy (non-hydrogen) atoms. The van der Waals surface area contributed by atoms with Crippen LogP contribution < -0.4 is 14.8 Å². The van der Waals surface area contributed by atoms with Crippen molar-refractivity contribution in [1.82, 2.24) is 9.55 Å². The van der Waals surface area contributed by atoms with Gasteiger partial charge < -0.3 is 19.4 Å². The van der Waals surface area contributed by atoms with E-state index in [-0.39, 0.29) is 18.7 Å². The number of ether oxygens (including phenoxy) is 2. The van der Waals surface area contributed by atoms with Crippen molar-refractivity contribution in [2.45, 2.75) is 17.9 Å². The predicted octanol–water partition coefficient (Wildman–Crippen LogP) is 5.03. The third kappa shape index (κ3) is 2.24. The molecule has 2 unspecified atom stereocenters. The Morgan fingerprint density at radius 3 is 2.84 bits per heavy atom. The normalized spacial score (nSPS) is 21.9. The van der Waals surface area contributed by atoms with Gasteiger partial charge in [0.05, 0.1) is 28.6 Å². The number of nitrogens with one attached hydrogen (secondary N) is 1. The second-order valence-electron chi connectivity index (χ2n) is 8.17. The summed E-state index contributed by atoms with van der Waals surface area (Å²) in [6.45, 7) is 0.171. The Kier molecular flexibility index (Phi) is 3.64. The first-order valence-electron chi connectivity index (χ1n) is 10.3. The smallest absolute Gasteiger partial charge is 0.241 e. The first-order chi connectivity index (χ1) is 15.7. The van der Waals surface area contributed by atoms with Crippen LogP contribution in [0.2, 0.25) is 4.34 Å². The molecule has 0 bridgehead atoms. The van der Waals surface area contributed by atoms with Crippen molar-refractivity contribution in [3.8, 4) is 22.8 Å². The average molecular weight is 462 g/mol. The molecule has 0 radical (unpaired) electrons. The molecule has 2 aromatic heterocycles. The van der Waals surface area contributed by atoms with Crippen molar-refractivity contribution in [2.75, 3.05) is 12.1 Å². The topological polar surface area (TPSA) is 65.4 Å². The van der Waals surface area contributed by atoms with Crippen LogP contribution in [0.25, 0.3) is 11.3 Å². The lowest BCUT2D eigenvalue weighted by Crippen LogP contribution is -2.47. The molecule has 4 aromatic rings. The van der Waals surface area contributed by atoms with Gasteiger partial charge in [0.1, 0.15) is 5.41 Å². The standard InChI is InChI=1S/C24H16ClN3O3S/c25-22-6-5-13(32-22)7-21-24(15-3-1-2-4-17(15)27-23(24)29)16-9-20-19(30-12-31-20)8-14(16)18-10-26-11-28(18)21/h1-6,8-11,21H,7,12H2,(H,27,29). The van der Waals surface area contributed by atoms with Crippen LogP contribution in [0.1, 0.15) is 22.0 Å². The van der Waals surface area contributed by atoms with E-state index >= 15 is 0 Å². The maximum Gasteiger partial charge on any atom is 0.241 e. The molecule has 0 aliphatic carbocycles. The molecule has 1 N–H and O–H groups in total. The van der Waals surface area contributed by atoms with Gasteiger partial charge in [-0.1, -0.05) is 29.8 Å². The molecule has 3 aliphatic heterocycles. The maximum atomic E-state index is 14.0. The number of hydrogen-bond acceptors (Lipinski definition) is 5. The fourth-order valence-electron chi connectivity index (χ4n) is 5.41. The maximum absolute atomic E-state index is 14.0. The molecule has 158 valence electrons. The fourth-order valence-corrected chi connectivity index (χ4v) is 6.53. The SMILES string of the molecule is O=C1Nc2ccccc2C12c1cc3c(cc1-c1cncn1C2Cc1ccc(Cl)s1)OCO3. The second-order valence-corrected chi connectivity index (χ2v) is 9.97. The molecule has 0 saturated heterocycles. The number of carbonyl (C=O) groups is 1. The third-order valence-corrected chi connectivity index (χ3v) is 7.95. The molecule has 5 heterocycles. The number of imidazole rings is 1. The van der Waals surface area contributed by atoms with Crippen LogP contribution in [-0.4, -0.2) is 22.3 Å². The summed E-state index contributed by atoms with van der Waals surface area (Å²) >= 11 is 7.79. The number of nitrogens with zero attached hydrogens (tertiary/aromatic N) is 2. The predicted molar refractivity (Wildman–Crippen MR) is 122 cm³/mol. The number of benzene rings is 2. The Bertz CT molecular complexity index is 1430. The number of hydrogen-bond donors (Lipinski definition) is 1. The minimum absolute atomic E-state index is 0.0502. The summed E-state index contributed by atoms with van der Waals surface area (Å²) in [7, 11) is 0. The number of thiophene rings is 1. The van der Waals surface area contributed by atoms with Crippen molar-refractivity contribution in [3.63, 3.8) is 0 Å². The van der Waals surface area contributed by atoms with E-state index in [1.807, 2.05) is 61.1 Å². The van der Waals surface area contributed by atoms with Crippen LogP contribution in [-0.2, 0) is 16.6 Å². The number of rotatable bonds is 2. The van der Waals surface area contributed by atoms with Crippen molar-refractivity contribution in [2.24, 2.45) is 0 Å². The van der Waals surface area contributed by atoms with Crippen LogP contribution in [0.5, 0.6) is 11.5 Å². The summed E-state index contributed by atoms with van der Waals surface area (Å²) in [6, 6.07) is 15.6. The molecule has 3 aliphatic rings. The first kappa shape index (κ1) is 18.3. The van der Waals surface area contributed by atoms with Crippen LogP contribution in [0.15, 0.2) is 61.1 Å². The molecule has 6 nitrogen and oxygen atoms in total. The van der Waals surface area contributed by atoms with Crippen LogP contribution in [0, 0.1) is 0 Å². The number of halogens is 1. The van der Waals surface area contributed by atoms with E-state index in [9.17, 15) is 4.79 Å². The molecular formula is C24H16ClN3O3S. The minimum Gasteiger partial charge on any atom is -0.454 e. The summed E-state index contributed by atoms with van der Waals surface area (Å²) in [4.78, 5) is 19.5. The molecule has 8 heteroatoms. The van der Waals surface area contributed by atoms with Gasteiger partial charge in [-0.2, -0.15) is 0 Å². The zero-order valence-electron chi connectivity index (χ0n) is 16.7. The number of anilines is 1. The van der Waals surface area contributed by atoms with Crippen molar-refractivity contribution >= 4 is 34.5 Å². The molecule has 1 spiro atoms. The molecular weight excluding hydrogens is 446 g/mol. The Balaban J connectivity index is 1.57. The lowest BCUT2D eigenvalue weighted by Gasteiger charge is -2.42. The lowest BCUT2D eigenvalue weighted by molar-refractivity contribution is -0.121. The van der Waals surface area contributed by atoms with Crippen LogP contribution >= 0.6 is 22.9 Å². The summed E-state index contributed by atoms with van der Waals surface area (Å²) in [5, 5.41) is 3.14. The molecule has 2 atom stereocenters. The van der Waals surface area contributed by atoms with E-state index in [0.717, 1.165) is 37.3 Å². The summed E-state index contributed by atoms with van der Waals surface area (Å²) < 4.78 is 14.2.